The molecule has 2 aromatic carbocycles. The standard InChI is InChI=1S/C23H28N2O4/c1-16-13-25(14-17(2)29-16)15-19-8-10-20(11-9-19)22(26)24-21(23(27)28)12-18-6-4-3-5-7-18/h3-11,16-17,21H,12-15H2,1-2H3,(H,24,26)(H,27,28)/t16-,17+,21-/m1/s1. The molecule has 0 saturated carbocycles. The molecule has 6 heteroatoms. The van der Waals surface area contributed by atoms with Gasteiger partial charge in [0.05, 0.1) is 12.2 Å². The van der Waals surface area contributed by atoms with E-state index in [1.54, 1.807) is 12.1 Å². The number of hydrogen-bond donors (Lipinski definition) is 2. The lowest BCUT2D eigenvalue weighted by Crippen LogP contribution is -2.44. The van der Waals surface area contributed by atoms with Gasteiger partial charge in [0.15, 0.2) is 0 Å². The van der Waals surface area contributed by atoms with Crippen molar-refractivity contribution in [2.24, 2.45) is 0 Å². The largest absolute Gasteiger partial charge is 0.480 e. The summed E-state index contributed by atoms with van der Waals surface area (Å²) < 4.78 is 5.76. The van der Waals surface area contributed by atoms with Crippen LogP contribution in [0.4, 0.5) is 0 Å². The molecule has 2 aromatic rings. The summed E-state index contributed by atoms with van der Waals surface area (Å²) >= 11 is 0. The first-order valence-corrected chi connectivity index (χ1v) is 9.95. The van der Waals surface area contributed by atoms with Gasteiger partial charge < -0.3 is 15.2 Å². The number of carbonyl (C=O) groups is 2. The van der Waals surface area contributed by atoms with Gasteiger partial charge in [0, 0.05) is 31.6 Å². The topological polar surface area (TPSA) is 78.9 Å². The van der Waals surface area contributed by atoms with E-state index in [2.05, 4.69) is 24.1 Å². The molecular formula is C23H28N2O4. The quantitative estimate of drug-likeness (QED) is 0.752. The SMILES string of the molecule is C[C@@H]1CN(Cc2ccc(C(=O)N[C@H](Cc3ccccc3)C(=O)O)cc2)C[C@H](C)O1. The third-order valence-electron chi connectivity index (χ3n) is 5.00. The number of carboxylic acid groups (broad SMARTS) is 1. The molecule has 1 fully saturated rings. The van der Waals surface area contributed by atoms with E-state index in [-0.39, 0.29) is 24.5 Å². The van der Waals surface area contributed by atoms with E-state index >= 15 is 0 Å². The van der Waals surface area contributed by atoms with E-state index in [0.717, 1.165) is 30.8 Å². The van der Waals surface area contributed by atoms with E-state index in [0.29, 0.717) is 5.56 Å². The summed E-state index contributed by atoms with van der Waals surface area (Å²) in [5.74, 6) is -1.43. The van der Waals surface area contributed by atoms with Gasteiger partial charge in [-0.3, -0.25) is 9.69 Å². The van der Waals surface area contributed by atoms with Crippen molar-refractivity contribution < 1.29 is 19.4 Å². The molecular weight excluding hydrogens is 368 g/mol. The van der Waals surface area contributed by atoms with Crippen molar-refractivity contribution in [3.05, 3.63) is 71.3 Å². The zero-order valence-corrected chi connectivity index (χ0v) is 16.9. The highest BCUT2D eigenvalue weighted by atomic mass is 16.5. The molecule has 0 spiro atoms. The first-order chi connectivity index (χ1) is 13.9. The molecule has 0 bridgehead atoms. The third kappa shape index (κ3) is 6.14. The Bertz CT molecular complexity index is 813. The van der Waals surface area contributed by atoms with Crippen LogP contribution in [0.3, 0.4) is 0 Å². The Kier molecular flexibility index (Phi) is 7.01. The molecule has 3 atom stereocenters. The number of morpholine rings is 1. The Balaban J connectivity index is 1.59. The molecule has 0 radical (unpaired) electrons. The minimum Gasteiger partial charge on any atom is -0.480 e. The van der Waals surface area contributed by atoms with Crippen molar-refractivity contribution in [3.63, 3.8) is 0 Å². The maximum absolute atomic E-state index is 12.5. The monoisotopic (exact) mass is 396 g/mol. The van der Waals surface area contributed by atoms with Gasteiger partial charge in [0.2, 0.25) is 0 Å². The van der Waals surface area contributed by atoms with E-state index in [9.17, 15) is 14.7 Å². The number of benzene rings is 2. The smallest absolute Gasteiger partial charge is 0.326 e. The first-order valence-electron chi connectivity index (χ1n) is 9.95. The molecule has 154 valence electrons. The van der Waals surface area contributed by atoms with E-state index in [4.69, 9.17) is 4.74 Å². The first kappa shape index (κ1) is 21.0. The van der Waals surface area contributed by atoms with Crippen LogP contribution in [0.25, 0.3) is 0 Å². The van der Waals surface area contributed by atoms with Gasteiger partial charge in [-0.15, -0.1) is 0 Å². The molecule has 1 aliphatic rings. The minimum absolute atomic E-state index is 0.210. The van der Waals surface area contributed by atoms with E-state index < -0.39 is 12.0 Å². The lowest BCUT2D eigenvalue weighted by molar-refractivity contribution is -0.139. The summed E-state index contributed by atoms with van der Waals surface area (Å²) in [4.78, 5) is 26.4. The summed E-state index contributed by atoms with van der Waals surface area (Å²) in [5.41, 5.74) is 2.43. The second kappa shape index (κ2) is 9.67. The number of carboxylic acids is 1. The molecule has 1 saturated heterocycles. The van der Waals surface area contributed by atoms with Crippen LogP contribution in [-0.2, 0) is 22.5 Å². The zero-order chi connectivity index (χ0) is 20.8. The summed E-state index contributed by atoms with van der Waals surface area (Å²) in [6.45, 7) is 6.71. The highest BCUT2D eigenvalue weighted by Gasteiger charge is 2.23. The molecule has 6 nitrogen and oxygen atoms in total. The van der Waals surface area contributed by atoms with Crippen molar-refractivity contribution in [3.8, 4) is 0 Å². The van der Waals surface area contributed by atoms with Gasteiger partial charge in [-0.1, -0.05) is 42.5 Å². The maximum atomic E-state index is 12.5. The van der Waals surface area contributed by atoms with Crippen LogP contribution in [0, 0.1) is 0 Å². The van der Waals surface area contributed by atoms with Gasteiger partial charge >= 0.3 is 5.97 Å². The number of ether oxygens (including phenoxy) is 1. The molecule has 1 amide bonds. The number of rotatable bonds is 7. The Hall–Kier alpha value is -2.70. The minimum atomic E-state index is -1.05. The molecule has 1 heterocycles. The molecule has 0 unspecified atom stereocenters. The lowest BCUT2D eigenvalue weighted by atomic mass is 10.0. The van der Waals surface area contributed by atoms with Crippen molar-refractivity contribution in [2.45, 2.75) is 45.1 Å². The van der Waals surface area contributed by atoms with Crippen LogP contribution in [0.2, 0.25) is 0 Å². The third-order valence-corrected chi connectivity index (χ3v) is 5.00. The van der Waals surface area contributed by atoms with Gasteiger partial charge in [-0.25, -0.2) is 4.79 Å². The average molecular weight is 396 g/mol. The predicted octanol–water partition coefficient (Wildman–Crippen LogP) is 2.72. The van der Waals surface area contributed by atoms with Gasteiger partial charge in [0.1, 0.15) is 6.04 Å². The second-order valence-corrected chi connectivity index (χ2v) is 7.70. The van der Waals surface area contributed by atoms with E-state index in [1.807, 2.05) is 42.5 Å². The van der Waals surface area contributed by atoms with Crippen LogP contribution in [0.5, 0.6) is 0 Å². The van der Waals surface area contributed by atoms with Crippen LogP contribution < -0.4 is 5.32 Å². The van der Waals surface area contributed by atoms with E-state index in [1.165, 1.54) is 0 Å². The van der Waals surface area contributed by atoms with Crippen molar-refractivity contribution in [1.82, 2.24) is 10.2 Å². The van der Waals surface area contributed by atoms with Crippen molar-refractivity contribution >= 4 is 11.9 Å². The van der Waals surface area contributed by atoms with Crippen LogP contribution >= 0.6 is 0 Å². The second-order valence-electron chi connectivity index (χ2n) is 7.70. The summed E-state index contributed by atoms with van der Waals surface area (Å²) in [6, 6.07) is 15.7. The number of hydrogen-bond acceptors (Lipinski definition) is 4. The fourth-order valence-corrected chi connectivity index (χ4v) is 3.72. The number of nitrogens with zero attached hydrogens (tertiary/aromatic N) is 1. The fraction of sp³-hybridized carbons (Fsp3) is 0.391. The lowest BCUT2D eigenvalue weighted by Gasteiger charge is -2.35. The van der Waals surface area contributed by atoms with Crippen molar-refractivity contribution in [2.75, 3.05) is 13.1 Å². The molecule has 29 heavy (non-hydrogen) atoms. The van der Waals surface area contributed by atoms with Gasteiger partial charge in [0.25, 0.3) is 5.91 Å². The Morgan fingerprint density at radius 3 is 2.24 bits per heavy atom. The zero-order valence-electron chi connectivity index (χ0n) is 16.9. The number of carbonyl (C=O) groups excluding carboxylic acids is 1. The number of amides is 1. The Morgan fingerprint density at radius 2 is 1.66 bits per heavy atom. The van der Waals surface area contributed by atoms with Crippen LogP contribution in [-0.4, -0.2) is 53.2 Å². The number of aliphatic carboxylic acids is 1. The van der Waals surface area contributed by atoms with Gasteiger partial charge in [-0.2, -0.15) is 0 Å². The average Bonchev–Trinajstić information content (AvgIpc) is 2.68. The molecule has 2 N–H and O–H groups in total. The molecule has 3 rings (SSSR count). The normalized spacial score (nSPS) is 20.8. The van der Waals surface area contributed by atoms with Crippen molar-refractivity contribution in [1.29, 1.82) is 0 Å². The van der Waals surface area contributed by atoms with Crippen LogP contribution in [0.15, 0.2) is 54.6 Å². The molecule has 0 aromatic heterocycles. The summed E-state index contributed by atoms with van der Waals surface area (Å²) in [7, 11) is 0. The molecule has 0 aliphatic carbocycles. The predicted molar refractivity (Wildman–Crippen MR) is 111 cm³/mol. The Labute approximate surface area is 171 Å². The van der Waals surface area contributed by atoms with Crippen LogP contribution in [0.1, 0.15) is 35.3 Å². The van der Waals surface area contributed by atoms with Gasteiger partial charge in [-0.05, 0) is 37.1 Å². The number of nitrogens with one attached hydrogen (secondary N) is 1. The Morgan fingerprint density at radius 1 is 1.03 bits per heavy atom. The summed E-state index contributed by atoms with van der Waals surface area (Å²) in [5, 5.41) is 12.1. The highest BCUT2D eigenvalue weighted by Crippen LogP contribution is 2.15. The summed E-state index contributed by atoms with van der Waals surface area (Å²) in [6.07, 6.45) is 0.663. The molecule has 1 aliphatic heterocycles. The maximum Gasteiger partial charge on any atom is 0.326 e. The highest BCUT2D eigenvalue weighted by molar-refractivity contribution is 5.96. The fourth-order valence-electron chi connectivity index (χ4n) is 3.72.